The zero-order valence-corrected chi connectivity index (χ0v) is 6.27. The first-order valence-electron chi connectivity index (χ1n) is 2.02. The summed E-state index contributed by atoms with van der Waals surface area (Å²) < 4.78 is 4.83. The third kappa shape index (κ3) is 3.92. The minimum absolute atomic E-state index is 0.794. The Morgan fingerprint density at radius 1 is 1.83 bits per heavy atom. The smallest absolute Gasteiger partial charge is 0.146 e. The highest BCUT2D eigenvalue weighted by atomic mass is 28.2. The van der Waals surface area contributed by atoms with Gasteiger partial charge < -0.3 is 4.43 Å². The molecule has 0 fully saturated rings. The zero-order valence-electron chi connectivity index (χ0n) is 4.27. The van der Waals surface area contributed by atoms with Crippen LogP contribution < -0.4 is 0 Å². The molecular weight excluding hydrogens is 92.1 g/mol. The molecule has 0 atom stereocenters. The van der Waals surface area contributed by atoms with Crippen LogP contribution in [0.25, 0.3) is 0 Å². The van der Waals surface area contributed by atoms with Crippen molar-refractivity contribution in [2.75, 3.05) is 6.61 Å². The van der Waals surface area contributed by atoms with Crippen molar-refractivity contribution < 1.29 is 4.43 Å². The van der Waals surface area contributed by atoms with E-state index in [2.05, 4.69) is 0 Å². The predicted octanol–water partition coefficient (Wildman–Crippen LogP) is -0.141. The Kier molecular flexibility index (Phi) is 4.85. The normalized spacial score (nSPS) is 10.8. The molecule has 0 aromatic heterocycles. The summed E-state index contributed by atoms with van der Waals surface area (Å²) in [6, 6.07) is 0. The van der Waals surface area contributed by atoms with E-state index in [1.807, 2.05) is 19.1 Å². The molecule has 2 heteroatoms. The van der Waals surface area contributed by atoms with Gasteiger partial charge in [-0.15, -0.1) is 0 Å². The molecule has 0 rings (SSSR count). The molecule has 0 spiro atoms. The highest BCUT2D eigenvalue weighted by Gasteiger charge is 1.61. The van der Waals surface area contributed by atoms with Crippen molar-refractivity contribution in [2.45, 2.75) is 6.92 Å². The molecule has 0 heterocycles. The van der Waals surface area contributed by atoms with Gasteiger partial charge in [-0.3, -0.25) is 0 Å². The van der Waals surface area contributed by atoms with Crippen molar-refractivity contribution in [3.05, 3.63) is 12.2 Å². The van der Waals surface area contributed by atoms with Gasteiger partial charge in [0.2, 0.25) is 0 Å². The molecule has 0 aliphatic heterocycles. The summed E-state index contributed by atoms with van der Waals surface area (Å²) in [4.78, 5) is 0. The Labute approximate surface area is 41.6 Å². The second kappa shape index (κ2) is 4.92. The third-order valence-corrected chi connectivity index (χ3v) is 0.832. The lowest BCUT2D eigenvalue weighted by molar-refractivity contribution is 0.401. The lowest BCUT2D eigenvalue weighted by Crippen LogP contribution is -1.80. The van der Waals surface area contributed by atoms with E-state index < -0.39 is 0 Å². The number of hydrogen-bond donors (Lipinski definition) is 0. The van der Waals surface area contributed by atoms with E-state index in [0.717, 1.165) is 17.1 Å². The Morgan fingerprint density at radius 3 is 2.67 bits per heavy atom. The lowest BCUT2D eigenvalue weighted by atomic mass is 10.6. The van der Waals surface area contributed by atoms with Crippen LogP contribution in [0.2, 0.25) is 0 Å². The van der Waals surface area contributed by atoms with Gasteiger partial charge in [0.25, 0.3) is 0 Å². The van der Waals surface area contributed by atoms with Gasteiger partial charge >= 0.3 is 0 Å². The number of rotatable bonds is 2. The van der Waals surface area contributed by atoms with Gasteiger partial charge in [0.15, 0.2) is 0 Å². The van der Waals surface area contributed by atoms with E-state index in [4.69, 9.17) is 4.43 Å². The SMILES string of the molecule is C/C=C/CO[SiH3]. The monoisotopic (exact) mass is 102 g/mol. The summed E-state index contributed by atoms with van der Waals surface area (Å²) in [5.41, 5.74) is 0. The Bertz CT molecular complexity index is 42.8. The molecule has 6 heavy (non-hydrogen) atoms. The second-order valence-corrected chi connectivity index (χ2v) is 1.60. The van der Waals surface area contributed by atoms with Gasteiger partial charge in [0, 0.05) is 0 Å². The molecule has 0 saturated heterocycles. The molecule has 0 amide bonds. The van der Waals surface area contributed by atoms with Crippen LogP contribution in [0, 0.1) is 0 Å². The highest BCUT2D eigenvalue weighted by Crippen LogP contribution is 1.67. The maximum atomic E-state index is 4.83. The second-order valence-electron chi connectivity index (χ2n) is 1.02. The fraction of sp³-hybridized carbons (Fsp3) is 0.500. The molecular formula is C4H10OSi. The molecule has 0 unspecified atom stereocenters. The summed E-state index contributed by atoms with van der Waals surface area (Å²) in [7, 11) is 0.852. The van der Waals surface area contributed by atoms with Gasteiger partial charge in [-0.05, 0) is 6.92 Å². The molecule has 1 nitrogen and oxygen atoms in total. The van der Waals surface area contributed by atoms with E-state index in [1.165, 1.54) is 0 Å². The van der Waals surface area contributed by atoms with Gasteiger partial charge in [-0.25, -0.2) is 0 Å². The van der Waals surface area contributed by atoms with E-state index in [0.29, 0.717) is 0 Å². The van der Waals surface area contributed by atoms with Gasteiger partial charge in [0.05, 0.1) is 6.61 Å². The van der Waals surface area contributed by atoms with Crippen LogP contribution in [0.3, 0.4) is 0 Å². The van der Waals surface area contributed by atoms with Crippen molar-refractivity contribution in [1.29, 1.82) is 0 Å². The maximum absolute atomic E-state index is 4.83. The van der Waals surface area contributed by atoms with Crippen molar-refractivity contribution in [2.24, 2.45) is 0 Å². The fourth-order valence-corrected chi connectivity index (χ4v) is 0.385. The Hall–Kier alpha value is -0.0831. The fourth-order valence-electron chi connectivity index (χ4n) is 0.192. The van der Waals surface area contributed by atoms with E-state index >= 15 is 0 Å². The summed E-state index contributed by atoms with van der Waals surface area (Å²) in [6.07, 6.45) is 3.98. The van der Waals surface area contributed by atoms with Gasteiger partial charge in [-0.1, -0.05) is 12.2 Å². The van der Waals surface area contributed by atoms with Gasteiger partial charge in [0.1, 0.15) is 10.5 Å². The average molecular weight is 102 g/mol. The average Bonchev–Trinajstić information content (AvgIpc) is 1.61. The van der Waals surface area contributed by atoms with Crippen LogP contribution in [0.1, 0.15) is 6.92 Å². The van der Waals surface area contributed by atoms with E-state index in [-0.39, 0.29) is 0 Å². The summed E-state index contributed by atoms with van der Waals surface area (Å²) in [6.45, 7) is 2.78. The lowest BCUT2D eigenvalue weighted by Gasteiger charge is -1.82. The molecule has 0 aliphatic carbocycles. The molecule has 0 aromatic rings. The quantitative estimate of drug-likeness (QED) is 0.348. The first-order chi connectivity index (χ1) is 2.91. The third-order valence-electron chi connectivity index (χ3n) is 0.499. The van der Waals surface area contributed by atoms with Crippen molar-refractivity contribution in [1.82, 2.24) is 0 Å². The van der Waals surface area contributed by atoms with Crippen LogP contribution in [0.5, 0.6) is 0 Å². The van der Waals surface area contributed by atoms with Crippen LogP contribution >= 0.6 is 0 Å². The number of hydrogen-bond acceptors (Lipinski definition) is 1. The van der Waals surface area contributed by atoms with Crippen LogP contribution in [-0.4, -0.2) is 17.1 Å². The van der Waals surface area contributed by atoms with E-state index in [9.17, 15) is 0 Å². The van der Waals surface area contributed by atoms with E-state index in [1.54, 1.807) is 0 Å². The summed E-state index contributed by atoms with van der Waals surface area (Å²) in [5.74, 6) is 0. The first-order valence-corrected chi connectivity index (χ1v) is 2.83. The standard InChI is InChI=1S/C4H10OSi/c1-2-3-4-5-6/h2-3H,4H2,1,6H3/b3-2+. The molecule has 0 saturated carbocycles. The molecule has 0 bridgehead atoms. The highest BCUT2D eigenvalue weighted by molar-refractivity contribution is 5.98. The molecule has 0 aromatic carbocycles. The largest absolute Gasteiger partial charge is 0.424 e. The molecule has 0 radical (unpaired) electrons. The van der Waals surface area contributed by atoms with Crippen LogP contribution in [0.4, 0.5) is 0 Å². The zero-order chi connectivity index (χ0) is 4.83. The minimum atomic E-state index is 0.794. The minimum Gasteiger partial charge on any atom is -0.424 e. The summed E-state index contributed by atoms with van der Waals surface area (Å²) >= 11 is 0. The Balaban J connectivity index is 2.66. The Morgan fingerprint density at radius 2 is 2.50 bits per heavy atom. The first kappa shape index (κ1) is 5.92. The molecule has 0 N–H and O–H groups in total. The van der Waals surface area contributed by atoms with Crippen LogP contribution in [0.15, 0.2) is 12.2 Å². The number of allylic oxidation sites excluding steroid dienone is 1. The molecule has 0 aliphatic rings. The predicted molar refractivity (Wildman–Crippen MR) is 30.7 cm³/mol. The maximum Gasteiger partial charge on any atom is 0.146 e. The summed E-state index contributed by atoms with van der Waals surface area (Å²) in [5, 5.41) is 0. The van der Waals surface area contributed by atoms with Crippen LogP contribution in [-0.2, 0) is 4.43 Å². The van der Waals surface area contributed by atoms with Crippen molar-refractivity contribution in [3.8, 4) is 0 Å². The molecule has 36 valence electrons. The van der Waals surface area contributed by atoms with Crippen molar-refractivity contribution >= 4 is 10.5 Å². The van der Waals surface area contributed by atoms with Gasteiger partial charge in [-0.2, -0.15) is 0 Å². The van der Waals surface area contributed by atoms with Crippen molar-refractivity contribution in [3.63, 3.8) is 0 Å². The topological polar surface area (TPSA) is 9.23 Å².